The molecule has 0 aliphatic heterocycles. The van der Waals surface area contributed by atoms with E-state index in [9.17, 15) is 8.76 Å². The lowest BCUT2D eigenvalue weighted by atomic mass is 9.77. The van der Waals surface area contributed by atoms with Gasteiger partial charge in [-0.05, 0) is 36.0 Å². The van der Waals surface area contributed by atoms with Gasteiger partial charge in [-0.3, -0.25) is 11.3 Å². The molecule has 142 valence electrons. The van der Waals surface area contributed by atoms with Crippen LogP contribution in [-0.2, 0) is 29.5 Å². The van der Waals surface area contributed by atoms with Crippen LogP contribution in [0.15, 0.2) is 54.6 Å². The van der Waals surface area contributed by atoms with Gasteiger partial charge in [0, 0.05) is 18.5 Å². The highest BCUT2D eigenvalue weighted by molar-refractivity contribution is 7.79. The second-order valence-electron chi connectivity index (χ2n) is 6.97. The van der Waals surface area contributed by atoms with E-state index in [4.69, 9.17) is 11.6 Å². The molecule has 0 bridgehead atoms. The van der Waals surface area contributed by atoms with Gasteiger partial charge in [-0.1, -0.05) is 61.5 Å². The molecule has 0 aliphatic carbocycles. The lowest BCUT2D eigenvalue weighted by Gasteiger charge is -2.32. The van der Waals surface area contributed by atoms with Crippen LogP contribution in [0.5, 0.6) is 0 Å². The summed E-state index contributed by atoms with van der Waals surface area (Å²) in [5, 5.41) is -0.333. The third-order valence-corrected chi connectivity index (χ3v) is 5.91. The molecule has 6 heteroatoms. The minimum Gasteiger partial charge on any atom is -0.330 e. The molecule has 2 aromatic carbocycles. The van der Waals surface area contributed by atoms with Crippen LogP contribution < -0.4 is 17.0 Å². The molecule has 2 rings (SSSR count). The minimum absolute atomic E-state index is 0.333. The van der Waals surface area contributed by atoms with Gasteiger partial charge < -0.3 is 10.3 Å². The standard InChI is InChI=1S/C20H29N3O2S/c1-20(15-21,18-9-5-8-17(12-18)14-23-22)13-19(26(24)25)11-10-16-6-3-2-4-7-16/h2-9,12,19,23H,10-11,13-15,21-22H2,1H3,(H,24,25)/t19?,20-/m1/s1. The maximum Gasteiger partial charge on any atom is 0.156 e. The quantitative estimate of drug-likeness (QED) is 0.290. The van der Waals surface area contributed by atoms with Crippen LogP contribution >= 0.6 is 0 Å². The Hall–Kier alpha value is -1.57. The molecule has 2 unspecified atom stereocenters. The van der Waals surface area contributed by atoms with E-state index < -0.39 is 11.1 Å². The third kappa shape index (κ3) is 5.72. The fraction of sp³-hybridized carbons (Fsp3) is 0.400. The number of hydrogen-bond acceptors (Lipinski definition) is 4. The molecule has 26 heavy (non-hydrogen) atoms. The first kappa shape index (κ1) is 20.7. The number of hydrazine groups is 1. The molecular formula is C20H29N3O2S. The van der Waals surface area contributed by atoms with Gasteiger partial charge in [-0.15, -0.1) is 0 Å². The van der Waals surface area contributed by atoms with Crippen molar-refractivity contribution in [2.24, 2.45) is 11.6 Å². The van der Waals surface area contributed by atoms with E-state index in [0.717, 1.165) is 17.5 Å². The molecule has 3 atom stereocenters. The molecule has 0 fully saturated rings. The lowest BCUT2D eigenvalue weighted by Crippen LogP contribution is -2.37. The summed E-state index contributed by atoms with van der Waals surface area (Å²) < 4.78 is 21.8. The average molecular weight is 376 g/mol. The number of nitrogens with two attached hydrogens (primary N) is 2. The van der Waals surface area contributed by atoms with Gasteiger partial charge in [0.05, 0.1) is 5.25 Å². The topological polar surface area (TPSA) is 101 Å². The molecule has 0 saturated heterocycles. The number of rotatable bonds is 10. The Labute approximate surface area is 158 Å². The van der Waals surface area contributed by atoms with Gasteiger partial charge in [0.2, 0.25) is 0 Å². The number of nitrogens with one attached hydrogen (secondary N) is 1. The molecule has 0 saturated carbocycles. The Kier molecular flexibility index (Phi) is 7.93. The predicted octanol–water partition coefficient (Wildman–Crippen LogP) is 2.48. The normalized spacial score (nSPS) is 16.0. The highest BCUT2D eigenvalue weighted by atomic mass is 32.2. The van der Waals surface area contributed by atoms with Crippen molar-refractivity contribution in [2.45, 2.75) is 43.4 Å². The predicted molar refractivity (Wildman–Crippen MR) is 108 cm³/mol. The van der Waals surface area contributed by atoms with Crippen LogP contribution in [-0.4, -0.2) is 20.6 Å². The van der Waals surface area contributed by atoms with Crippen LogP contribution in [0.4, 0.5) is 0 Å². The van der Waals surface area contributed by atoms with Crippen LogP contribution in [0.3, 0.4) is 0 Å². The Morgan fingerprint density at radius 3 is 2.46 bits per heavy atom. The molecule has 5 nitrogen and oxygen atoms in total. The van der Waals surface area contributed by atoms with Gasteiger partial charge >= 0.3 is 0 Å². The van der Waals surface area contributed by atoms with Crippen LogP contribution in [0.2, 0.25) is 0 Å². The first-order valence-electron chi connectivity index (χ1n) is 8.85. The van der Waals surface area contributed by atoms with E-state index in [-0.39, 0.29) is 10.7 Å². The summed E-state index contributed by atoms with van der Waals surface area (Å²) in [5.41, 5.74) is 11.7. The van der Waals surface area contributed by atoms with E-state index in [1.165, 1.54) is 5.56 Å². The average Bonchev–Trinajstić information content (AvgIpc) is 2.66. The van der Waals surface area contributed by atoms with Crippen LogP contribution in [0, 0.1) is 0 Å². The zero-order chi connectivity index (χ0) is 19.0. The Morgan fingerprint density at radius 2 is 1.85 bits per heavy atom. The Balaban J connectivity index is 2.15. The maximum absolute atomic E-state index is 12.0. The van der Waals surface area contributed by atoms with Crippen molar-refractivity contribution in [3.63, 3.8) is 0 Å². The molecule has 0 radical (unpaired) electrons. The van der Waals surface area contributed by atoms with E-state index in [1.54, 1.807) is 0 Å². The summed E-state index contributed by atoms with van der Waals surface area (Å²) in [5.74, 6) is 5.42. The van der Waals surface area contributed by atoms with Gasteiger partial charge in [0.25, 0.3) is 0 Å². The van der Waals surface area contributed by atoms with E-state index in [0.29, 0.717) is 25.9 Å². The second kappa shape index (κ2) is 9.94. The summed E-state index contributed by atoms with van der Waals surface area (Å²) in [6.07, 6.45) is 1.97. The van der Waals surface area contributed by atoms with Gasteiger partial charge in [0.15, 0.2) is 11.1 Å². The maximum atomic E-state index is 12.0. The fourth-order valence-corrected chi connectivity index (χ4v) is 4.07. The summed E-state index contributed by atoms with van der Waals surface area (Å²) in [7, 11) is 0. The summed E-state index contributed by atoms with van der Waals surface area (Å²) in [6.45, 7) is 3.04. The van der Waals surface area contributed by atoms with Crippen LogP contribution in [0.1, 0.15) is 36.5 Å². The zero-order valence-corrected chi connectivity index (χ0v) is 16.0. The molecular weight excluding hydrogens is 346 g/mol. The van der Waals surface area contributed by atoms with Crippen molar-refractivity contribution >= 4 is 11.1 Å². The number of benzene rings is 2. The summed E-state index contributed by atoms with van der Waals surface area (Å²) in [4.78, 5) is 0. The molecule has 0 amide bonds. The molecule has 2 aromatic rings. The number of aryl methyl sites for hydroxylation is 1. The first-order chi connectivity index (χ1) is 12.5. The molecule has 0 heterocycles. The van der Waals surface area contributed by atoms with E-state index in [2.05, 4.69) is 18.4 Å². The monoisotopic (exact) mass is 375 g/mol. The highest BCUT2D eigenvalue weighted by Crippen LogP contribution is 2.31. The summed E-state index contributed by atoms with van der Waals surface area (Å²) in [6, 6.07) is 18.1. The molecule has 0 aromatic heterocycles. The molecule has 0 spiro atoms. The van der Waals surface area contributed by atoms with E-state index >= 15 is 0 Å². The summed E-state index contributed by atoms with van der Waals surface area (Å²) >= 11 is -1.90. The minimum atomic E-state index is -1.90. The Bertz CT molecular complexity index is 711. The van der Waals surface area contributed by atoms with Crippen molar-refractivity contribution < 1.29 is 8.76 Å². The van der Waals surface area contributed by atoms with Crippen molar-refractivity contribution in [3.8, 4) is 0 Å². The second-order valence-corrected chi connectivity index (χ2v) is 8.19. The fourth-order valence-electron chi connectivity index (χ4n) is 3.24. The first-order valence-corrected chi connectivity index (χ1v) is 10.0. The smallest absolute Gasteiger partial charge is 0.156 e. The van der Waals surface area contributed by atoms with E-state index in [1.807, 2.05) is 48.5 Å². The SMILES string of the molecule is C[C@](CN)(CC(CCc1ccccc1)S(=O)O)c1cccc(CNN)c1. The molecule has 0 aliphatic rings. The van der Waals surface area contributed by atoms with Crippen molar-refractivity contribution in [2.75, 3.05) is 6.54 Å². The van der Waals surface area contributed by atoms with Crippen molar-refractivity contribution in [1.82, 2.24) is 5.43 Å². The van der Waals surface area contributed by atoms with Crippen molar-refractivity contribution in [1.29, 1.82) is 0 Å². The Morgan fingerprint density at radius 1 is 1.15 bits per heavy atom. The highest BCUT2D eigenvalue weighted by Gasteiger charge is 2.31. The largest absolute Gasteiger partial charge is 0.330 e. The van der Waals surface area contributed by atoms with Crippen molar-refractivity contribution in [3.05, 3.63) is 71.3 Å². The number of hydrogen-bond donors (Lipinski definition) is 4. The lowest BCUT2D eigenvalue weighted by molar-refractivity contribution is 0.413. The van der Waals surface area contributed by atoms with Gasteiger partial charge in [-0.25, -0.2) is 4.21 Å². The van der Waals surface area contributed by atoms with Crippen LogP contribution in [0.25, 0.3) is 0 Å². The zero-order valence-electron chi connectivity index (χ0n) is 15.2. The van der Waals surface area contributed by atoms with Gasteiger partial charge in [-0.2, -0.15) is 0 Å². The molecule has 6 N–H and O–H groups in total. The van der Waals surface area contributed by atoms with Gasteiger partial charge in [0.1, 0.15) is 0 Å². The third-order valence-electron chi connectivity index (χ3n) is 4.94.